The number of Topliss-reactive ketones (excluding diaryl/α,β-unsaturated/α-hetero) is 1. The standard InChI is InChI=1S/C27H21NO6/c1-16(34-24(30)14-13-23(29)17-7-3-2-4-8-17)27(33)28-18-11-12-21-22(15-18)26(32)20-10-6-5-9-19(20)25(21)31/h2-12,15-16H,13-14H2,1H3,(H,28,33). The first-order valence-corrected chi connectivity index (χ1v) is 10.8. The second-order valence-corrected chi connectivity index (χ2v) is 7.87. The number of anilines is 1. The van der Waals surface area contributed by atoms with Crippen LogP contribution in [0.5, 0.6) is 0 Å². The average molecular weight is 455 g/mol. The minimum Gasteiger partial charge on any atom is -0.453 e. The van der Waals surface area contributed by atoms with Gasteiger partial charge in [-0.2, -0.15) is 0 Å². The molecule has 0 aromatic heterocycles. The lowest BCUT2D eigenvalue weighted by Crippen LogP contribution is -2.30. The van der Waals surface area contributed by atoms with E-state index in [0.29, 0.717) is 22.4 Å². The van der Waals surface area contributed by atoms with Gasteiger partial charge in [-0.1, -0.05) is 54.6 Å². The van der Waals surface area contributed by atoms with Crippen LogP contribution in [0.15, 0.2) is 72.8 Å². The molecule has 1 unspecified atom stereocenters. The summed E-state index contributed by atoms with van der Waals surface area (Å²) >= 11 is 0. The lowest BCUT2D eigenvalue weighted by atomic mass is 9.84. The maximum atomic E-state index is 12.8. The molecular weight excluding hydrogens is 434 g/mol. The van der Waals surface area contributed by atoms with Crippen molar-refractivity contribution in [1.29, 1.82) is 0 Å². The van der Waals surface area contributed by atoms with Gasteiger partial charge in [0.2, 0.25) is 0 Å². The van der Waals surface area contributed by atoms with Crippen molar-refractivity contribution in [3.63, 3.8) is 0 Å². The molecule has 0 saturated carbocycles. The van der Waals surface area contributed by atoms with Gasteiger partial charge in [0.25, 0.3) is 5.91 Å². The van der Waals surface area contributed by atoms with Gasteiger partial charge in [0.15, 0.2) is 23.5 Å². The highest BCUT2D eigenvalue weighted by atomic mass is 16.5. The summed E-state index contributed by atoms with van der Waals surface area (Å²) in [5, 5.41) is 2.60. The number of nitrogens with one attached hydrogen (secondary N) is 1. The highest BCUT2D eigenvalue weighted by Crippen LogP contribution is 2.29. The summed E-state index contributed by atoms with van der Waals surface area (Å²) in [6.45, 7) is 1.41. The number of esters is 1. The van der Waals surface area contributed by atoms with Crippen molar-refractivity contribution in [1.82, 2.24) is 0 Å². The number of hydrogen-bond donors (Lipinski definition) is 1. The molecule has 0 aliphatic heterocycles. The molecule has 0 bridgehead atoms. The Kier molecular flexibility index (Phi) is 6.45. The van der Waals surface area contributed by atoms with E-state index in [1.807, 2.05) is 0 Å². The number of fused-ring (bicyclic) bond motifs is 2. The molecule has 7 heteroatoms. The van der Waals surface area contributed by atoms with E-state index in [2.05, 4.69) is 5.32 Å². The Bertz CT molecular complexity index is 1310. The fourth-order valence-corrected chi connectivity index (χ4v) is 3.71. The largest absolute Gasteiger partial charge is 0.453 e. The minimum atomic E-state index is -1.12. The molecule has 1 aliphatic carbocycles. The molecule has 0 heterocycles. The summed E-state index contributed by atoms with van der Waals surface area (Å²) in [6.07, 6.45) is -1.30. The Hall–Kier alpha value is -4.39. The van der Waals surface area contributed by atoms with Gasteiger partial charge < -0.3 is 10.1 Å². The first-order chi connectivity index (χ1) is 16.3. The number of benzene rings is 3. The van der Waals surface area contributed by atoms with Crippen molar-refractivity contribution in [2.75, 3.05) is 5.32 Å². The number of hydrogen-bond acceptors (Lipinski definition) is 6. The zero-order valence-corrected chi connectivity index (χ0v) is 18.4. The molecule has 170 valence electrons. The maximum absolute atomic E-state index is 12.8. The summed E-state index contributed by atoms with van der Waals surface area (Å²) in [4.78, 5) is 62.3. The summed E-state index contributed by atoms with van der Waals surface area (Å²) in [5.74, 6) is -2.02. The van der Waals surface area contributed by atoms with Gasteiger partial charge in [0, 0.05) is 39.9 Å². The lowest BCUT2D eigenvalue weighted by Gasteiger charge is -2.19. The zero-order valence-electron chi connectivity index (χ0n) is 18.4. The predicted molar refractivity (Wildman–Crippen MR) is 124 cm³/mol. The fraction of sp³-hybridized carbons (Fsp3) is 0.148. The second-order valence-electron chi connectivity index (χ2n) is 7.87. The van der Waals surface area contributed by atoms with Crippen molar-refractivity contribution in [2.24, 2.45) is 0 Å². The normalized spacial score (nSPS) is 12.9. The quantitative estimate of drug-likeness (QED) is 0.334. The Morgan fingerprint density at radius 3 is 2.03 bits per heavy atom. The number of ketones is 3. The molecule has 0 spiro atoms. The van der Waals surface area contributed by atoms with E-state index in [-0.39, 0.29) is 41.3 Å². The molecule has 1 aliphatic rings. The monoisotopic (exact) mass is 455 g/mol. The van der Waals surface area contributed by atoms with E-state index in [1.165, 1.54) is 25.1 Å². The summed E-state index contributed by atoms with van der Waals surface area (Å²) < 4.78 is 5.14. The van der Waals surface area contributed by atoms with Crippen LogP contribution in [0, 0.1) is 0 Å². The molecule has 3 aromatic rings. The smallest absolute Gasteiger partial charge is 0.307 e. The third-order valence-corrected chi connectivity index (χ3v) is 5.52. The van der Waals surface area contributed by atoms with Gasteiger partial charge in [0.1, 0.15) is 0 Å². The maximum Gasteiger partial charge on any atom is 0.307 e. The van der Waals surface area contributed by atoms with E-state index < -0.39 is 18.0 Å². The third-order valence-electron chi connectivity index (χ3n) is 5.52. The van der Waals surface area contributed by atoms with Crippen molar-refractivity contribution >= 4 is 34.9 Å². The molecule has 1 amide bonds. The Morgan fingerprint density at radius 1 is 0.765 bits per heavy atom. The summed E-state index contributed by atoms with van der Waals surface area (Å²) in [7, 11) is 0. The number of carbonyl (C=O) groups is 5. The van der Waals surface area contributed by atoms with Gasteiger partial charge in [-0.25, -0.2) is 0 Å². The van der Waals surface area contributed by atoms with E-state index in [0.717, 1.165) is 0 Å². The summed E-state index contributed by atoms with van der Waals surface area (Å²) in [6, 6.07) is 19.6. The third kappa shape index (κ3) is 4.68. The lowest BCUT2D eigenvalue weighted by molar-refractivity contribution is -0.153. The summed E-state index contributed by atoms with van der Waals surface area (Å²) in [5.41, 5.74) is 1.93. The Morgan fingerprint density at radius 2 is 1.35 bits per heavy atom. The van der Waals surface area contributed by atoms with Crippen LogP contribution < -0.4 is 5.32 Å². The van der Waals surface area contributed by atoms with Crippen molar-refractivity contribution in [2.45, 2.75) is 25.9 Å². The Balaban J connectivity index is 1.36. The van der Waals surface area contributed by atoms with Crippen LogP contribution in [0.2, 0.25) is 0 Å². The van der Waals surface area contributed by atoms with Gasteiger partial charge in [-0.15, -0.1) is 0 Å². The number of ether oxygens (including phenoxy) is 1. The van der Waals surface area contributed by atoms with Crippen molar-refractivity contribution < 1.29 is 28.7 Å². The van der Waals surface area contributed by atoms with E-state index in [4.69, 9.17) is 4.74 Å². The average Bonchev–Trinajstić information content (AvgIpc) is 2.86. The highest BCUT2D eigenvalue weighted by molar-refractivity contribution is 6.28. The van der Waals surface area contributed by atoms with Gasteiger partial charge in [0.05, 0.1) is 6.42 Å². The van der Waals surface area contributed by atoms with Crippen LogP contribution in [-0.2, 0) is 14.3 Å². The zero-order chi connectivity index (χ0) is 24.2. The van der Waals surface area contributed by atoms with Crippen LogP contribution in [-0.4, -0.2) is 35.3 Å². The molecule has 0 radical (unpaired) electrons. The fourth-order valence-electron chi connectivity index (χ4n) is 3.71. The van der Waals surface area contributed by atoms with Crippen LogP contribution >= 0.6 is 0 Å². The van der Waals surface area contributed by atoms with Crippen molar-refractivity contribution in [3.05, 3.63) is 101 Å². The minimum absolute atomic E-state index is 0.0282. The van der Waals surface area contributed by atoms with Crippen LogP contribution in [0.25, 0.3) is 0 Å². The van der Waals surface area contributed by atoms with E-state index in [1.54, 1.807) is 54.6 Å². The van der Waals surface area contributed by atoms with Crippen LogP contribution in [0.4, 0.5) is 5.69 Å². The molecule has 1 N–H and O–H groups in total. The predicted octanol–water partition coefficient (Wildman–Crippen LogP) is 4.00. The van der Waals surface area contributed by atoms with Crippen molar-refractivity contribution in [3.8, 4) is 0 Å². The van der Waals surface area contributed by atoms with E-state index >= 15 is 0 Å². The number of rotatable bonds is 7. The van der Waals surface area contributed by atoms with Crippen LogP contribution in [0.1, 0.15) is 62.0 Å². The van der Waals surface area contributed by atoms with Gasteiger partial charge in [-0.3, -0.25) is 24.0 Å². The number of carbonyl (C=O) groups excluding carboxylic acids is 5. The van der Waals surface area contributed by atoms with Crippen LogP contribution in [0.3, 0.4) is 0 Å². The van der Waals surface area contributed by atoms with Gasteiger partial charge >= 0.3 is 5.97 Å². The molecule has 0 fully saturated rings. The van der Waals surface area contributed by atoms with E-state index in [9.17, 15) is 24.0 Å². The molecular formula is C27H21NO6. The molecule has 4 rings (SSSR count). The first kappa shape index (κ1) is 22.8. The molecule has 3 aromatic carbocycles. The molecule has 0 saturated heterocycles. The Labute approximate surface area is 195 Å². The highest BCUT2D eigenvalue weighted by Gasteiger charge is 2.29. The molecule has 1 atom stereocenters. The second kappa shape index (κ2) is 9.62. The van der Waals surface area contributed by atoms with Gasteiger partial charge in [-0.05, 0) is 25.1 Å². The molecule has 7 nitrogen and oxygen atoms in total. The molecule has 34 heavy (non-hydrogen) atoms. The first-order valence-electron chi connectivity index (χ1n) is 10.8. The number of amides is 1. The SMILES string of the molecule is CC(OC(=O)CCC(=O)c1ccccc1)C(=O)Nc1ccc2c(c1)C(=O)c1ccccc1C2=O. The topological polar surface area (TPSA) is 107 Å².